The average Bonchev–Trinajstić information content (AvgIpc) is 2.26. The van der Waals surface area contributed by atoms with E-state index < -0.39 is 0 Å². The van der Waals surface area contributed by atoms with Crippen molar-refractivity contribution in [3.05, 3.63) is 0 Å². The second-order valence-corrected chi connectivity index (χ2v) is 8.09. The van der Waals surface area contributed by atoms with Gasteiger partial charge in [-0.3, -0.25) is 4.90 Å². The van der Waals surface area contributed by atoms with Crippen LogP contribution in [0.5, 0.6) is 0 Å². The quantitative estimate of drug-likeness (QED) is 0.766. The minimum Gasteiger partial charge on any atom is -0.315 e. The number of nitrogens with one attached hydrogen (secondary N) is 1. The van der Waals surface area contributed by atoms with Crippen LogP contribution in [0.4, 0.5) is 0 Å². The van der Waals surface area contributed by atoms with Gasteiger partial charge in [-0.1, -0.05) is 41.0 Å². The lowest BCUT2D eigenvalue weighted by molar-refractivity contribution is 0.178. The molecule has 1 saturated heterocycles. The van der Waals surface area contributed by atoms with E-state index in [9.17, 15) is 0 Å². The summed E-state index contributed by atoms with van der Waals surface area (Å²) in [4.78, 5) is 2.72. The van der Waals surface area contributed by atoms with Gasteiger partial charge in [0.2, 0.25) is 0 Å². The Morgan fingerprint density at radius 1 is 1.17 bits per heavy atom. The van der Waals surface area contributed by atoms with Crippen LogP contribution in [-0.4, -0.2) is 47.6 Å². The summed E-state index contributed by atoms with van der Waals surface area (Å²) in [6, 6.07) is 0.736. The number of thioether (sulfide) groups is 1. The van der Waals surface area contributed by atoms with E-state index in [1.807, 2.05) is 0 Å². The van der Waals surface area contributed by atoms with Crippen LogP contribution in [0.3, 0.4) is 0 Å². The van der Waals surface area contributed by atoms with Crippen LogP contribution in [0, 0.1) is 5.92 Å². The molecule has 1 heterocycles. The van der Waals surface area contributed by atoms with E-state index in [2.05, 4.69) is 56.6 Å². The van der Waals surface area contributed by atoms with Crippen LogP contribution in [0.25, 0.3) is 0 Å². The highest BCUT2D eigenvalue weighted by atomic mass is 32.2. The first kappa shape index (κ1) is 16.3. The van der Waals surface area contributed by atoms with Gasteiger partial charge in [0.1, 0.15) is 0 Å². The maximum Gasteiger partial charge on any atom is 0.0221 e. The largest absolute Gasteiger partial charge is 0.315 e. The molecule has 0 aromatic carbocycles. The molecule has 3 heteroatoms. The van der Waals surface area contributed by atoms with Gasteiger partial charge in [-0.25, -0.2) is 0 Å². The van der Waals surface area contributed by atoms with Gasteiger partial charge < -0.3 is 5.32 Å². The van der Waals surface area contributed by atoms with E-state index in [0.717, 1.165) is 35.5 Å². The van der Waals surface area contributed by atoms with Crippen LogP contribution in [0.15, 0.2) is 0 Å². The van der Waals surface area contributed by atoms with Gasteiger partial charge in [0.25, 0.3) is 0 Å². The number of hydrogen-bond donors (Lipinski definition) is 1. The molecule has 0 bridgehead atoms. The molecule has 0 amide bonds. The molecule has 1 N–H and O–H groups in total. The fourth-order valence-electron chi connectivity index (χ4n) is 2.80. The number of rotatable bonds is 7. The van der Waals surface area contributed by atoms with Crippen molar-refractivity contribution < 1.29 is 0 Å². The highest BCUT2D eigenvalue weighted by Crippen LogP contribution is 2.26. The lowest BCUT2D eigenvalue weighted by atomic mass is 10.1. The van der Waals surface area contributed by atoms with E-state index in [1.165, 1.54) is 25.9 Å². The molecule has 0 saturated carbocycles. The first-order valence-corrected chi connectivity index (χ1v) is 8.57. The van der Waals surface area contributed by atoms with Crippen molar-refractivity contribution in [1.82, 2.24) is 10.2 Å². The number of nitrogens with zero attached hydrogens (tertiary/aromatic N) is 1. The summed E-state index contributed by atoms with van der Waals surface area (Å²) in [6.45, 7) is 16.5. The molecule has 3 atom stereocenters. The van der Waals surface area contributed by atoms with Crippen molar-refractivity contribution in [1.29, 1.82) is 0 Å². The molecule has 3 unspecified atom stereocenters. The maximum atomic E-state index is 3.65. The summed E-state index contributed by atoms with van der Waals surface area (Å²) in [5.74, 6) is 0.752. The third-order valence-electron chi connectivity index (χ3n) is 3.52. The van der Waals surface area contributed by atoms with E-state index in [-0.39, 0.29) is 0 Å². The topological polar surface area (TPSA) is 15.3 Å². The summed E-state index contributed by atoms with van der Waals surface area (Å²) < 4.78 is 0. The minimum atomic E-state index is 0.736. The van der Waals surface area contributed by atoms with Crippen molar-refractivity contribution in [3.8, 4) is 0 Å². The second kappa shape index (κ2) is 8.44. The normalized spacial score (nSPS) is 27.7. The SMILES string of the molecule is CCCC(CNCC(C)C)N1CC(C)SC(C)C1. The third-order valence-corrected chi connectivity index (χ3v) is 4.75. The Morgan fingerprint density at radius 2 is 1.78 bits per heavy atom. The Morgan fingerprint density at radius 3 is 2.28 bits per heavy atom. The first-order chi connectivity index (χ1) is 8.52. The summed E-state index contributed by atoms with van der Waals surface area (Å²) in [5.41, 5.74) is 0. The Kier molecular flexibility index (Phi) is 7.66. The van der Waals surface area contributed by atoms with Crippen molar-refractivity contribution in [2.45, 2.75) is 64.0 Å². The highest BCUT2D eigenvalue weighted by molar-refractivity contribution is 8.00. The Bertz CT molecular complexity index is 211. The van der Waals surface area contributed by atoms with Crippen molar-refractivity contribution in [2.75, 3.05) is 26.2 Å². The van der Waals surface area contributed by atoms with Crippen LogP contribution >= 0.6 is 11.8 Å². The maximum absolute atomic E-state index is 3.65. The standard InChI is InChI=1S/C15H32N2S/c1-6-7-15(9-16-8-12(2)3)17-10-13(4)18-14(5)11-17/h12-16H,6-11H2,1-5H3. The summed E-state index contributed by atoms with van der Waals surface area (Å²) >= 11 is 2.15. The van der Waals surface area contributed by atoms with Gasteiger partial charge in [-0.15, -0.1) is 0 Å². The fraction of sp³-hybridized carbons (Fsp3) is 1.00. The third kappa shape index (κ3) is 5.94. The monoisotopic (exact) mass is 272 g/mol. The Hall–Kier alpha value is 0.270. The predicted molar refractivity (Wildman–Crippen MR) is 84.5 cm³/mol. The first-order valence-electron chi connectivity index (χ1n) is 7.63. The average molecular weight is 273 g/mol. The smallest absolute Gasteiger partial charge is 0.0221 e. The van der Waals surface area contributed by atoms with E-state index >= 15 is 0 Å². The van der Waals surface area contributed by atoms with Crippen molar-refractivity contribution in [3.63, 3.8) is 0 Å². The fourth-order valence-corrected chi connectivity index (χ4v) is 4.15. The van der Waals surface area contributed by atoms with Gasteiger partial charge in [-0.05, 0) is 18.9 Å². The van der Waals surface area contributed by atoms with Crippen molar-refractivity contribution >= 4 is 11.8 Å². The Balaban J connectivity index is 2.43. The summed E-state index contributed by atoms with van der Waals surface area (Å²) in [5, 5.41) is 5.23. The summed E-state index contributed by atoms with van der Waals surface area (Å²) in [7, 11) is 0. The van der Waals surface area contributed by atoms with Crippen LogP contribution < -0.4 is 5.32 Å². The molecule has 2 nitrogen and oxygen atoms in total. The highest BCUT2D eigenvalue weighted by Gasteiger charge is 2.27. The van der Waals surface area contributed by atoms with Gasteiger partial charge in [0.15, 0.2) is 0 Å². The van der Waals surface area contributed by atoms with Crippen LogP contribution in [-0.2, 0) is 0 Å². The molecule has 0 radical (unpaired) electrons. The molecule has 1 fully saturated rings. The lowest BCUT2D eigenvalue weighted by Gasteiger charge is -2.40. The molecule has 1 rings (SSSR count). The molecule has 18 heavy (non-hydrogen) atoms. The molecule has 108 valence electrons. The molecular formula is C15H32N2S. The molecule has 1 aliphatic heterocycles. The van der Waals surface area contributed by atoms with Gasteiger partial charge in [-0.2, -0.15) is 11.8 Å². The molecule has 0 aliphatic carbocycles. The second-order valence-electron chi connectivity index (χ2n) is 6.21. The lowest BCUT2D eigenvalue weighted by Crippen LogP contribution is -2.50. The predicted octanol–water partition coefficient (Wildman–Crippen LogP) is 3.23. The van der Waals surface area contributed by atoms with E-state index in [4.69, 9.17) is 0 Å². The van der Waals surface area contributed by atoms with E-state index in [0.29, 0.717) is 0 Å². The van der Waals surface area contributed by atoms with Crippen molar-refractivity contribution in [2.24, 2.45) is 5.92 Å². The van der Waals surface area contributed by atoms with E-state index in [1.54, 1.807) is 0 Å². The minimum absolute atomic E-state index is 0.736. The number of hydrogen-bond acceptors (Lipinski definition) is 3. The summed E-state index contributed by atoms with van der Waals surface area (Å²) in [6.07, 6.45) is 2.62. The molecule has 0 spiro atoms. The van der Waals surface area contributed by atoms with Crippen LogP contribution in [0.2, 0.25) is 0 Å². The Labute approximate surface area is 118 Å². The molecular weight excluding hydrogens is 240 g/mol. The molecule has 1 aliphatic rings. The zero-order valence-electron chi connectivity index (χ0n) is 12.9. The van der Waals surface area contributed by atoms with Gasteiger partial charge >= 0.3 is 0 Å². The van der Waals surface area contributed by atoms with Gasteiger partial charge in [0, 0.05) is 36.2 Å². The zero-order valence-corrected chi connectivity index (χ0v) is 13.7. The van der Waals surface area contributed by atoms with Gasteiger partial charge in [0.05, 0.1) is 0 Å². The van der Waals surface area contributed by atoms with Crippen LogP contribution in [0.1, 0.15) is 47.5 Å². The molecule has 0 aromatic rings. The zero-order chi connectivity index (χ0) is 13.5. The molecule has 0 aromatic heterocycles.